The molecule has 1 fully saturated rings. The summed E-state index contributed by atoms with van der Waals surface area (Å²) in [5, 5.41) is 11.0. The quantitative estimate of drug-likeness (QED) is 0.726. The average Bonchev–Trinajstić information content (AvgIpc) is 3.36. The van der Waals surface area contributed by atoms with Gasteiger partial charge in [0.1, 0.15) is 12.2 Å². The van der Waals surface area contributed by atoms with Crippen LogP contribution in [0.2, 0.25) is 0 Å². The van der Waals surface area contributed by atoms with Gasteiger partial charge in [-0.2, -0.15) is 10.1 Å². The molecule has 0 bridgehead atoms. The zero-order valence-electron chi connectivity index (χ0n) is 14.5. The maximum atomic E-state index is 12.2. The SMILES string of the molecule is O=C(Cn1nc(-c2nc(-c3cccnc3)no2)ccc1=O)NC1CCCC1. The number of aromatic nitrogens is 5. The minimum atomic E-state index is -0.368. The van der Waals surface area contributed by atoms with Crippen molar-refractivity contribution in [3.8, 4) is 23.0 Å². The molecule has 1 saturated carbocycles. The monoisotopic (exact) mass is 366 g/mol. The zero-order valence-corrected chi connectivity index (χ0v) is 14.5. The van der Waals surface area contributed by atoms with E-state index in [1.807, 2.05) is 6.07 Å². The first-order valence-corrected chi connectivity index (χ1v) is 8.81. The van der Waals surface area contributed by atoms with Crippen LogP contribution in [0.5, 0.6) is 0 Å². The van der Waals surface area contributed by atoms with Gasteiger partial charge in [0, 0.05) is 30.1 Å². The summed E-state index contributed by atoms with van der Waals surface area (Å²) in [6.07, 6.45) is 7.47. The first-order valence-electron chi connectivity index (χ1n) is 8.81. The molecule has 0 aromatic carbocycles. The smallest absolute Gasteiger partial charge is 0.278 e. The van der Waals surface area contributed by atoms with Crippen LogP contribution in [0.15, 0.2) is 46.0 Å². The fourth-order valence-corrected chi connectivity index (χ4v) is 3.10. The fourth-order valence-electron chi connectivity index (χ4n) is 3.10. The summed E-state index contributed by atoms with van der Waals surface area (Å²) < 4.78 is 6.35. The van der Waals surface area contributed by atoms with E-state index in [0.717, 1.165) is 30.4 Å². The van der Waals surface area contributed by atoms with E-state index in [4.69, 9.17) is 4.52 Å². The van der Waals surface area contributed by atoms with Gasteiger partial charge in [0.05, 0.1) is 0 Å². The first kappa shape index (κ1) is 17.1. The van der Waals surface area contributed by atoms with Crippen molar-refractivity contribution in [2.75, 3.05) is 0 Å². The van der Waals surface area contributed by atoms with E-state index in [0.29, 0.717) is 17.1 Å². The Balaban J connectivity index is 1.53. The van der Waals surface area contributed by atoms with E-state index in [1.165, 1.54) is 12.1 Å². The summed E-state index contributed by atoms with van der Waals surface area (Å²) in [5.41, 5.74) is 0.662. The summed E-state index contributed by atoms with van der Waals surface area (Å²) in [6.45, 7) is -0.146. The Morgan fingerprint density at radius 3 is 2.89 bits per heavy atom. The van der Waals surface area contributed by atoms with Gasteiger partial charge < -0.3 is 9.84 Å². The normalized spacial score (nSPS) is 14.4. The summed E-state index contributed by atoms with van der Waals surface area (Å²) in [6, 6.07) is 6.60. The van der Waals surface area contributed by atoms with Gasteiger partial charge in [0.15, 0.2) is 0 Å². The molecule has 0 unspecified atom stereocenters. The second-order valence-electron chi connectivity index (χ2n) is 6.43. The van der Waals surface area contributed by atoms with Gasteiger partial charge in [-0.15, -0.1) is 0 Å². The average molecular weight is 366 g/mol. The van der Waals surface area contributed by atoms with Crippen LogP contribution in [-0.2, 0) is 11.3 Å². The summed E-state index contributed by atoms with van der Waals surface area (Å²) in [4.78, 5) is 32.5. The van der Waals surface area contributed by atoms with Gasteiger partial charge in [-0.05, 0) is 31.0 Å². The van der Waals surface area contributed by atoms with Gasteiger partial charge in [-0.1, -0.05) is 18.0 Å². The maximum Gasteiger partial charge on any atom is 0.278 e. The lowest BCUT2D eigenvalue weighted by Gasteiger charge is -2.12. The molecule has 0 aliphatic heterocycles. The van der Waals surface area contributed by atoms with Crippen molar-refractivity contribution in [1.82, 2.24) is 30.2 Å². The Labute approximate surface area is 154 Å². The van der Waals surface area contributed by atoms with Gasteiger partial charge in [0.2, 0.25) is 11.7 Å². The number of rotatable bonds is 5. The molecule has 1 aliphatic carbocycles. The first-order chi connectivity index (χ1) is 13.2. The molecule has 138 valence electrons. The molecule has 1 amide bonds. The Morgan fingerprint density at radius 2 is 2.11 bits per heavy atom. The third kappa shape index (κ3) is 3.91. The molecule has 0 radical (unpaired) electrons. The summed E-state index contributed by atoms with van der Waals surface area (Å²) in [5.74, 6) is 0.311. The van der Waals surface area contributed by atoms with Gasteiger partial charge in [-0.25, -0.2) is 4.68 Å². The fraction of sp³-hybridized carbons (Fsp3) is 0.333. The number of amides is 1. The number of nitrogens with one attached hydrogen (secondary N) is 1. The zero-order chi connectivity index (χ0) is 18.6. The van der Waals surface area contributed by atoms with Crippen LogP contribution < -0.4 is 10.9 Å². The lowest BCUT2D eigenvalue weighted by Crippen LogP contribution is -2.38. The predicted molar refractivity (Wildman–Crippen MR) is 95.4 cm³/mol. The molecule has 3 aromatic heterocycles. The van der Waals surface area contributed by atoms with E-state index in [-0.39, 0.29) is 29.9 Å². The Bertz CT molecular complexity index is 992. The van der Waals surface area contributed by atoms with Crippen LogP contribution in [0.4, 0.5) is 0 Å². The highest BCUT2D eigenvalue weighted by Gasteiger charge is 2.18. The van der Waals surface area contributed by atoms with Crippen molar-refractivity contribution in [2.24, 2.45) is 0 Å². The highest BCUT2D eigenvalue weighted by molar-refractivity contribution is 5.76. The third-order valence-electron chi connectivity index (χ3n) is 4.45. The molecule has 1 aliphatic rings. The summed E-state index contributed by atoms with van der Waals surface area (Å²) >= 11 is 0. The van der Waals surface area contributed by atoms with Crippen molar-refractivity contribution in [2.45, 2.75) is 38.3 Å². The number of carbonyl (C=O) groups excluding carboxylic acids is 1. The second-order valence-corrected chi connectivity index (χ2v) is 6.43. The molecular formula is C18H18N6O3. The van der Waals surface area contributed by atoms with E-state index >= 15 is 0 Å². The lowest BCUT2D eigenvalue weighted by atomic mass is 10.2. The molecule has 1 N–H and O–H groups in total. The Morgan fingerprint density at radius 1 is 1.26 bits per heavy atom. The standard InChI is InChI=1S/C18H18N6O3/c25-15(20-13-5-1-2-6-13)11-24-16(26)8-7-14(22-24)18-21-17(23-27-18)12-4-3-9-19-10-12/h3-4,7-10,13H,1-2,5-6,11H2,(H,20,25). The van der Waals surface area contributed by atoms with Crippen molar-refractivity contribution in [1.29, 1.82) is 0 Å². The van der Waals surface area contributed by atoms with Crippen LogP contribution in [-0.4, -0.2) is 36.9 Å². The van der Waals surface area contributed by atoms with Crippen LogP contribution in [0.3, 0.4) is 0 Å². The molecule has 9 heteroatoms. The highest BCUT2D eigenvalue weighted by Crippen LogP contribution is 2.19. The van der Waals surface area contributed by atoms with Crippen molar-refractivity contribution in [3.63, 3.8) is 0 Å². The van der Waals surface area contributed by atoms with E-state index in [9.17, 15) is 9.59 Å². The molecule has 0 atom stereocenters. The molecule has 9 nitrogen and oxygen atoms in total. The lowest BCUT2D eigenvalue weighted by molar-refractivity contribution is -0.122. The van der Waals surface area contributed by atoms with Crippen LogP contribution >= 0.6 is 0 Å². The minimum absolute atomic E-state index is 0.146. The van der Waals surface area contributed by atoms with E-state index in [2.05, 4.69) is 25.5 Å². The van der Waals surface area contributed by atoms with E-state index in [1.54, 1.807) is 18.5 Å². The number of hydrogen-bond acceptors (Lipinski definition) is 7. The van der Waals surface area contributed by atoms with Crippen molar-refractivity contribution >= 4 is 5.91 Å². The maximum absolute atomic E-state index is 12.2. The highest BCUT2D eigenvalue weighted by atomic mass is 16.5. The predicted octanol–water partition coefficient (Wildman–Crippen LogP) is 1.41. The number of hydrogen-bond donors (Lipinski definition) is 1. The molecule has 3 aromatic rings. The Hall–Kier alpha value is -3.36. The molecule has 0 saturated heterocycles. The van der Waals surface area contributed by atoms with Crippen LogP contribution in [0.25, 0.3) is 23.0 Å². The largest absolute Gasteiger partial charge is 0.352 e. The number of carbonyl (C=O) groups is 1. The number of nitrogens with zero attached hydrogens (tertiary/aromatic N) is 5. The second kappa shape index (κ2) is 7.48. The minimum Gasteiger partial charge on any atom is -0.352 e. The molecule has 0 spiro atoms. The summed E-state index contributed by atoms with van der Waals surface area (Å²) in [7, 11) is 0. The van der Waals surface area contributed by atoms with Gasteiger partial charge >= 0.3 is 0 Å². The number of pyridine rings is 1. The molecule has 4 rings (SSSR count). The van der Waals surface area contributed by atoms with Crippen molar-refractivity contribution < 1.29 is 9.32 Å². The topological polar surface area (TPSA) is 116 Å². The Kier molecular flexibility index (Phi) is 4.73. The molecule has 3 heterocycles. The van der Waals surface area contributed by atoms with Gasteiger partial charge in [0.25, 0.3) is 11.4 Å². The van der Waals surface area contributed by atoms with Crippen LogP contribution in [0, 0.1) is 0 Å². The van der Waals surface area contributed by atoms with Crippen molar-refractivity contribution in [3.05, 3.63) is 47.0 Å². The van der Waals surface area contributed by atoms with E-state index < -0.39 is 0 Å². The van der Waals surface area contributed by atoms with Gasteiger partial charge in [-0.3, -0.25) is 14.6 Å². The third-order valence-corrected chi connectivity index (χ3v) is 4.45. The van der Waals surface area contributed by atoms with Crippen LogP contribution in [0.1, 0.15) is 25.7 Å². The molecular weight excluding hydrogens is 348 g/mol. The molecule has 27 heavy (non-hydrogen) atoms.